The van der Waals surface area contributed by atoms with Crippen LogP contribution in [-0.2, 0) is 9.59 Å². The lowest BCUT2D eigenvalue weighted by molar-refractivity contribution is -0.193. The zero-order valence-electron chi connectivity index (χ0n) is 19.4. The van der Waals surface area contributed by atoms with Gasteiger partial charge in [0.15, 0.2) is 0 Å². The average molecular weight is 571 g/mol. The smallest absolute Gasteiger partial charge is 0.490 e. The fourth-order valence-electron chi connectivity index (χ4n) is 2.48. The summed E-state index contributed by atoms with van der Waals surface area (Å²) in [5.74, 6) is -4.86. The highest BCUT2D eigenvalue weighted by Crippen LogP contribution is 2.28. The molecule has 0 spiro atoms. The van der Waals surface area contributed by atoms with Crippen molar-refractivity contribution in [3.05, 3.63) is 52.2 Å². The normalized spacial score (nSPS) is 13.1. The van der Waals surface area contributed by atoms with E-state index < -0.39 is 24.3 Å². The Morgan fingerprint density at radius 3 is 1.97 bits per heavy atom. The number of hydrogen-bond acceptors (Lipinski definition) is 7. The molecule has 0 saturated carbocycles. The molecule has 1 aliphatic heterocycles. The first-order chi connectivity index (χ1) is 17.6. The minimum atomic E-state index is -5.08. The second-order valence-corrected chi connectivity index (χ2v) is 8.15. The number of amides is 1. The van der Waals surface area contributed by atoms with Crippen LogP contribution < -0.4 is 21.1 Å². The number of hydrogen-bond donors (Lipinski definition) is 5. The molecular formula is C22H23F6N3O6S. The molecule has 1 aromatic heterocycles. The first kappa shape index (κ1) is 32.4. The fraction of sp³-hybridized carbons (Fsp3) is 0.318. The van der Waals surface area contributed by atoms with Crippen LogP contribution in [0, 0.1) is 0 Å². The largest absolute Gasteiger partial charge is 0.492 e. The summed E-state index contributed by atoms with van der Waals surface area (Å²) in [5, 5.41) is 20.5. The summed E-state index contributed by atoms with van der Waals surface area (Å²) in [4.78, 5) is 32.1. The zero-order valence-corrected chi connectivity index (χ0v) is 20.2. The third-order valence-corrected chi connectivity index (χ3v) is 5.35. The van der Waals surface area contributed by atoms with Gasteiger partial charge in [-0.2, -0.15) is 26.3 Å². The summed E-state index contributed by atoms with van der Waals surface area (Å²) in [6, 6.07) is 11.2. The zero-order chi connectivity index (χ0) is 28.9. The van der Waals surface area contributed by atoms with Gasteiger partial charge in [-0.15, -0.1) is 11.3 Å². The van der Waals surface area contributed by atoms with Gasteiger partial charge in [0.05, 0.1) is 4.88 Å². The van der Waals surface area contributed by atoms with Gasteiger partial charge in [0.1, 0.15) is 12.4 Å². The fourth-order valence-corrected chi connectivity index (χ4v) is 3.45. The van der Waals surface area contributed by atoms with Crippen LogP contribution in [0.25, 0.3) is 5.57 Å². The number of alkyl halides is 6. The van der Waals surface area contributed by atoms with Crippen molar-refractivity contribution >= 4 is 40.4 Å². The predicted octanol–water partition coefficient (Wildman–Crippen LogP) is 3.98. The van der Waals surface area contributed by atoms with E-state index in [2.05, 4.69) is 16.7 Å². The Bertz CT molecular complexity index is 1080. The van der Waals surface area contributed by atoms with Gasteiger partial charge in [-0.05, 0) is 54.9 Å². The van der Waals surface area contributed by atoms with E-state index in [-0.39, 0.29) is 5.91 Å². The van der Waals surface area contributed by atoms with Gasteiger partial charge in [0.25, 0.3) is 5.91 Å². The van der Waals surface area contributed by atoms with Crippen LogP contribution in [0.5, 0.6) is 5.75 Å². The topological polar surface area (TPSA) is 151 Å². The minimum Gasteiger partial charge on any atom is -0.492 e. The van der Waals surface area contributed by atoms with Crippen molar-refractivity contribution in [2.45, 2.75) is 18.8 Å². The molecule has 0 saturated heterocycles. The second kappa shape index (κ2) is 14.9. The van der Waals surface area contributed by atoms with Crippen LogP contribution in [-0.4, -0.2) is 66.7 Å². The summed E-state index contributed by atoms with van der Waals surface area (Å²) in [7, 11) is 0. The molecule has 1 aromatic carbocycles. The van der Waals surface area contributed by atoms with Gasteiger partial charge in [-0.1, -0.05) is 6.08 Å². The Morgan fingerprint density at radius 1 is 0.974 bits per heavy atom. The highest BCUT2D eigenvalue weighted by Gasteiger charge is 2.38. The third kappa shape index (κ3) is 12.1. The molecule has 0 unspecified atom stereocenters. The van der Waals surface area contributed by atoms with Crippen LogP contribution in [0.3, 0.4) is 0 Å². The number of benzene rings is 1. The summed E-state index contributed by atoms with van der Waals surface area (Å²) in [5.41, 5.74) is 7.47. The monoisotopic (exact) mass is 571 g/mol. The lowest BCUT2D eigenvalue weighted by Gasteiger charge is -2.12. The van der Waals surface area contributed by atoms with Crippen LogP contribution >= 0.6 is 11.3 Å². The molecule has 1 aliphatic rings. The van der Waals surface area contributed by atoms with Crippen LogP contribution in [0.2, 0.25) is 0 Å². The highest BCUT2D eigenvalue weighted by atomic mass is 32.1. The Morgan fingerprint density at radius 2 is 1.53 bits per heavy atom. The molecule has 0 aliphatic carbocycles. The van der Waals surface area contributed by atoms with E-state index in [1.807, 2.05) is 36.4 Å². The quantitative estimate of drug-likeness (QED) is 0.327. The molecule has 0 radical (unpaired) electrons. The predicted molar refractivity (Wildman–Crippen MR) is 126 cm³/mol. The maximum absolute atomic E-state index is 12.4. The minimum absolute atomic E-state index is 0.0867. The Hall–Kier alpha value is -3.63. The molecule has 0 bridgehead atoms. The standard InChI is InChI=1S/C18H21N3O2S.2C2HF3O2/c19-9-12-23-15-3-1-14(2-4-15)21-18(22)17-6-5-16(24-17)13-7-10-20-11-8-13;2*3-2(4,5)1(6)7/h1-7,20H,8-12,19H2,(H,21,22);2*(H,6,7). The number of carbonyl (C=O) groups is 3. The van der Waals surface area contributed by atoms with Crippen molar-refractivity contribution in [2.75, 3.05) is 31.6 Å². The van der Waals surface area contributed by atoms with Gasteiger partial charge >= 0.3 is 24.3 Å². The molecule has 0 atom stereocenters. The van der Waals surface area contributed by atoms with Crippen molar-refractivity contribution in [1.82, 2.24) is 5.32 Å². The molecule has 0 fully saturated rings. The Labute approximate surface area is 215 Å². The number of ether oxygens (including phenoxy) is 1. The molecule has 38 heavy (non-hydrogen) atoms. The van der Waals surface area contributed by atoms with E-state index in [1.54, 1.807) is 0 Å². The number of carbonyl (C=O) groups excluding carboxylic acids is 1. The third-order valence-electron chi connectivity index (χ3n) is 4.19. The molecule has 210 valence electrons. The Kier molecular flexibility index (Phi) is 12.7. The maximum Gasteiger partial charge on any atom is 0.490 e. The van der Waals surface area contributed by atoms with Crippen LogP contribution in [0.15, 0.2) is 42.5 Å². The van der Waals surface area contributed by atoms with Crippen molar-refractivity contribution in [3.63, 3.8) is 0 Å². The highest BCUT2D eigenvalue weighted by molar-refractivity contribution is 7.15. The van der Waals surface area contributed by atoms with Gasteiger partial charge in [-0.3, -0.25) is 4.79 Å². The SMILES string of the molecule is NCCOc1ccc(NC(=O)c2ccc(C3=CCNCC3)s2)cc1.O=C(O)C(F)(F)F.O=C(O)C(F)(F)F. The lowest BCUT2D eigenvalue weighted by Crippen LogP contribution is -2.21. The average Bonchev–Trinajstić information content (AvgIpc) is 3.34. The molecule has 9 nitrogen and oxygen atoms in total. The number of carboxylic acid groups (broad SMARTS) is 2. The second-order valence-electron chi connectivity index (χ2n) is 7.07. The van der Waals surface area contributed by atoms with E-state index >= 15 is 0 Å². The number of rotatable bonds is 6. The maximum atomic E-state index is 12.4. The number of nitrogens with two attached hydrogens (primary N) is 1. The first-order valence-corrected chi connectivity index (χ1v) is 11.3. The van der Waals surface area contributed by atoms with Crippen molar-refractivity contribution in [1.29, 1.82) is 0 Å². The van der Waals surface area contributed by atoms with E-state index in [0.717, 1.165) is 30.9 Å². The molecular weight excluding hydrogens is 548 g/mol. The number of aliphatic carboxylic acids is 2. The Balaban J connectivity index is 0.000000426. The van der Waals surface area contributed by atoms with Crippen molar-refractivity contribution in [3.8, 4) is 5.75 Å². The summed E-state index contributed by atoms with van der Waals surface area (Å²) >= 11 is 1.53. The number of nitrogens with one attached hydrogen (secondary N) is 2. The molecule has 3 rings (SSSR count). The van der Waals surface area contributed by atoms with Crippen molar-refractivity contribution < 1.29 is 55.7 Å². The molecule has 2 aromatic rings. The number of halogens is 6. The summed E-state index contributed by atoms with van der Waals surface area (Å²) in [6.07, 6.45) is -6.97. The van der Waals surface area contributed by atoms with Crippen LogP contribution in [0.4, 0.5) is 32.0 Å². The molecule has 16 heteroatoms. The molecule has 6 N–H and O–H groups in total. The van der Waals surface area contributed by atoms with E-state index in [0.29, 0.717) is 18.0 Å². The van der Waals surface area contributed by atoms with Gasteiger partial charge in [-0.25, -0.2) is 9.59 Å². The summed E-state index contributed by atoms with van der Waals surface area (Å²) in [6.45, 7) is 2.85. The van der Waals surface area contributed by atoms with Gasteiger partial charge < -0.3 is 31.3 Å². The van der Waals surface area contributed by atoms with E-state index in [1.165, 1.54) is 21.8 Å². The van der Waals surface area contributed by atoms with Gasteiger partial charge in [0.2, 0.25) is 0 Å². The number of thiophene rings is 1. The van der Waals surface area contributed by atoms with Gasteiger partial charge in [0, 0.05) is 23.7 Å². The molecule has 2 heterocycles. The lowest BCUT2D eigenvalue weighted by atomic mass is 10.1. The number of carboxylic acids is 2. The molecule has 1 amide bonds. The van der Waals surface area contributed by atoms with Crippen molar-refractivity contribution in [2.24, 2.45) is 5.73 Å². The van der Waals surface area contributed by atoms with E-state index in [9.17, 15) is 31.1 Å². The van der Waals surface area contributed by atoms with Crippen LogP contribution in [0.1, 0.15) is 21.0 Å². The van der Waals surface area contributed by atoms with E-state index in [4.69, 9.17) is 30.3 Å². The number of anilines is 1. The first-order valence-electron chi connectivity index (χ1n) is 10.5. The summed E-state index contributed by atoms with van der Waals surface area (Å²) < 4.78 is 68.9.